The van der Waals surface area contributed by atoms with Crippen molar-refractivity contribution in [3.63, 3.8) is 0 Å². The van der Waals surface area contributed by atoms with E-state index in [4.69, 9.17) is 5.11 Å². The summed E-state index contributed by atoms with van der Waals surface area (Å²) >= 11 is 0. The van der Waals surface area contributed by atoms with E-state index in [9.17, 15) is 14.0 Å². The van der Waals surface area contributed by atoms with Crippen molar-refractivity contribution in [2.75, 3.05) is 5.32 Å². The fourth-order valence-electron chi connectivity index (χ4n) is 2.08. The van der Waals surface area contributed by atoms with Gasteiger partial charge in [0.2, 0.25) is 5.91 Å². The second kappa shape index (κ2) is 4.40. The van der Waals surface area contributed by atoms with Crippen molar-refractivity contribution in [3.8, 4) is 0 Å². The molecular weight excluding hydrogens is 237 g/mol. The standard InChI is InChI=1S/C13H14FNO3/c1-8-7-9(14)3-4-10(8)15-11(16)13(12(17)18)5-2-6-13/h3-4,7H,2,5-6H2,1H3,(H,15,16)(H,17,18). The lowest BCUT2D eigenvalue weighted by atomic mass is 9.68. The van der Waals surface area contributed by atoms with Crippen LogP contribution in [0.2, 0.25) is 0 Å². The molecule has 1 aliphatic carbocycles. The van der Waals surface area contributed by atoms with E-state index in [0.29, 0.717) is 24.1 Å². The Kier molecular flexibility index (Phi) is 3.07. The van der Waals surface area contributed by atoms with E-state index in [1.807, 2.05) is 0 Å². The Morgan fingerprint density at radius 1 is 1.39 bits per heavy atom. The number of rotatable bonds is 3. The summed E-state index contributed by atoms with van der Waals surface area (Å²) in [5, 5.41) is 11.7. The number of benzene rings is 1. The molecule has 2 rings (SSSR count). The van der Waals surface area contributed by atoms with Crippen molar-refractivity contribution in [1.82, 2.24) is 0 Å². The summed E-state index contributed by atoms with van der Waals surface area (Å²) in [5.74, 6) is -2.00. The molecule has 1 aromatic rings. The fourth-order valence-corrected chi connectivity index (χ4v) is 2.08. The zero-order valence-corrected chi connectivity index (χ0v) is 10.00. The number of carboxylic acids is 1. The Hall–Kier alpha value is -1.91. The van der Waals surface area contributed by atoms with Gasteiger partial charge in [-0.3, -0.25) is 9.59 Å². The third-order valence-corrected chi connectivity index (χ3v) is 3.49. The molecule has 2 N–H and O–H groups in total. The molecule has 1 aliphatic rings. The highest BCUT2D eigenvalue weighted by Gasteiger charge is 2.51. The summed E-state index contributed by atoms with van der Waals surface area (Å²) in [4.78, 5) is 23.2. The van der Waals surface area contributed by atoms with Crippen molar-refractivity contribution in [1.29, 1.82) is 0 Å². The molecule has 4 nitrogen and oxygen atoms in total. The lowest BCUT2D eigenvalue weighted by molar-refractivity contribution is -0.159. The number of anilines is 1. The minimum atomic E-state index is -1.30. The maximum Gasteiger partial charge on any atom is 0.319 e. The molecule has 0 atom stereocenters. The first-order valence-electron chi connectivity index (χ1n) is 5.77. The maximum absolute atomic E-state index is 12.9. The van der Waals surface area contributed by atoms with Crippen molar-refractivity contribution < 1.29 is 19.1 Å². The van der Waals surface area contributed by atoms with Crippen molar-refractivity contribution in [2.45, 2.75) is 26.2 Å². The molecular formula is C13H14FNO3. The highest BCUT2D eigenvalue weighted by Crippen LogP contribution is 2.42. The van der Waals surface area contributed by atoms with E-state index in [1.54, 1.807) is 6.92 Å². The summed E-state index contributed by atoms with van der Waals surface area (Å²) in [6.45, 7) is 1.66. The van der Waals surface area contributed by atoms with Gasteiger partial charge in [0, 0.05) is 5.69 Å². The Morgan fingerprint density at radius 2 is 2.06 bits per heavy atom. The third-order valence-electron chi connectivity index (χ3n) is 3.49. The first-order chi connectivity index (χ1) is 8.45. The first-order valence-corrected chi connectivity index (χ1v) is 5.77. The molecule has 1 aromatic carbocycles. The van der Waals surface area contributed by atoms with Crippen LogP contribution in [0.1, 0.15) is 24.8 Å². The summed E-state index contributed by atoms with van der Waals surface area (Å²) in [7, 11) is 0. The average molecular weight is 251 g/mol. The number of carbonyl (C=O) groups excluding carboxylic acids is 1. The molecule has 0 spiro atoms. The van der Waals surface area contributed by atoms with E-state index in [2.05, 4.69) is 5.32 Å². The van der Waals surface area contributed by atoms with Gasteiger partial charge in [-0.25, -0.2) is 4.39 Å². The molecule has 0 aliphatic heterocycles. The van der Waals surface area contributed by atoms with Crippen molar-refractivity contribution >= 4 is 17.6 Å². The minimum Gasteiger partial charge on any atom is -0.480 e. The molecule has 1 amide bonds. The van der Waals surface area contributed by atoms with Crippen LogP contribution in [-0.4, -0.2) is 17.0 Å². The molecule has 0 saturated heterocycles. The van der Waals surface area contributed by atoms with Gasteiger partial charge in [0.1, 0.15) is 11.2 Å². The lowest BCUT2D eigenvalue weighted by Crippen LogP contribution is -2.48. The number of nitrogens with one attached hydrogen (secondary N) is 1. The Bertz CT molecular complexity index is 509. The highest BCUT2D eigenvalue weighted by molar-refractivity contribution is 6.09. The number of hydrogen-bond acceptors (Lipinski definition) is 2. The second-order valence-corrected chi connectivity index (χ2v) is 4.65. The molecule has 18 heavy (non-hydrogen) atoms. The number of carbonyl (C=O) groups is 2. The Labute approximate surface area is 104 Å². The predicted molar refractivity (Wildman–Crippen MR) is 63.7 cm³/mol. The number of carboxylic acid groups (broad SMARTS) is 1. The normalized spacial score (nSPS) is 16.8. The zero-order chi connectivity index (χ0) is 13.3. The summed E-state index contributed by atoms with van der Waals surface area (Å²) in [5.41, 5.74) is -0.280. The van der Waals surface area contributed by atoms with Crippen LogP contribution in [0.15, 0.2) is 18.2 Å². The largest absolute Gasteiger partial charge is 0.480 e. The average Bonchev–Trinajstić information content (AvgIpc) is 2.19. The van der Waals surface area contributed by atoms with Crippen LogP contribution in [0.25, 0.3) is 0 Å². The van der Waals surface area contributed by atoms with Crippen molar-refractivity contribution in [3.05, 3.63) is 29.6 Å². The van der Waals surface area contributed by atoms with E-state index in [1.165, 1.54) is 18.2 Å². The molecule has 0 aromatic heterocycles. The molecule has 1 fully saturated rings. The molecule has 1 saturated carbocycles. The van der Waals surface area contributed by atoms with Crippen LogP contribution in [0, 0.1) is 18.2 Å². The van der Waals surface area contributed by atoms with Gasteiger partial charge in [-0.15, -0.1) is 0 Å². The van der Waals surface area contributed by atoms with Crippen LogP contribution in [-0.2, 0) is 9.59 Å². The van der Waals surface area contributed by atoms with E-state index >= 15 is 0 Å². The van der Waals surface area contributed by atoms with Crippen LogP contribution in [0.3, 0.4) is 0 Å². The molecule has 0 radical (unpaired) electrons. The van der Waals surface area contributed by atoms with E-state index in [-0.39, 0.29) is 5.82 Å². The summed E-state index contributed by atoms with van der Waals surface area (Å²) in [6, 6.07) is 3.97. The molecule has 5 heteroatoms. The van der Waals surface area contributed by atoms with Crippen LogP contribution >= 0.6 is 0 Å². The van der Waals surface area contributed by atoms with Crippen LogP contribution < -0.4 is 5.32 Å². The predicted octanol–water partition coefficient (Wildman–Crippen LogP) is 2.33. The Morgan fingerprint density at radius 3 is 2.50 bits per heavy atom. The number of amides is 1. The number of aliphatic carboxylic acids is 1. The third kappa shape index (κ3) is 1.96. The van der Waals surface area contributed by atoms with Crippen LogP contribution in [0.4, 0.5) is 10.1 Å². The summed E-state index contributed by atoms with van der Waals surface area (Å²) < 4.78 is 12.9. The topological polar surface area (TPSA) is 66.4 Å². The van der Waals surface area contributed by atoms with E-state index in [0.717, 1.165) is 6.42 Å². The smallest absolute Gasteiger partial charge is 0.319 e. The Balaban J connectivity index is 2.19. The highest BCUT2D eigenvalue weighted by atomic mass is 19.1. The molecule has 0 unspecified atom stereocenters. The monoisotopic (exact) mass is 251 g/mol. The molecule has 0 bridgehead atoms. The zero-order valence-electron chi connectivity index (χ0n) is 10.00. The van der Waals surface area contributed by atoms with Gasteiger partial charge in [-0.05, 0) is 43.5 Å². The summed E-state index contributed by atoms with van der Waals surface area (Å²) in [6.07, 6.45) is 1.45. The SMILES string of the molecule is Cc1cc(F)ccc1NC(=O)C1(C(=O)O)CCC1. The lowest BCUT2D eigenvalue weighted by Gasteiger charge is -2.35. The van der Waals surface area contributed by atoms with Gasteiger partial charge < -0.3 is 10.4 Å². The molecule has 96 valence electrons. The first kappa shape index (κ1) is 12.5. The van der Waals surface area contributed by atoms with Gasteiger partial charge in [-0.2, -0.15) is 0 Å². The van der Waals surface area contributed by atoms with Gasteiger partial charge in [-0.1, -0.05) is 6.42 Å². The quantitative estimate of drug-likeness (QED) is 0.810. The van der Waals surface area contributed by atoms with Gasteiger partial charge in [0.15, 0.2) is 0 Å². The number of halogens is 1. The molecule has 0 heterocycles. The second-order valence-electron chi connectivity index (χ2n) is 4.65. The minimum absolute atomic E-state index is 0.356. The van der Waals surface area contributed by atoms with Crippen molar-refractivity contribution in [2.24, 2.45) is 5.41 Å². The van der Waals surface area contributed by atoms with Gasteiger partial charge in [0.05, 0.1) is 0 Å². The number of hydrogen-bond donors (Lipinski definition) is 2. The van der Waals surface area contributed by atoms with Gasteiger partial charge >= 0.3 is 5.97 Å². The number of aryl methyl sites for hydroxylation is 1. The van der Waals surface area contributed by atoms with E-state index < -0.39 is 17.3 Å². The fraction of sp³-hybridized carbons (Fsp3) is 0.385. The van der Waals surface area contributed by atoms with Crippen LogP contribution in [0.5, 0.6) is 0 Å². The maximum atomic E-state index is 12.9. The van der Waals surface area contributed by atoms with Gasteiger partial charge in [0.25, 0.3) is 0 Å².